The van der Waals surface area contributed by atoms with E-state index < -0.39 is 17.3 Å². The molecule has 4 N–H and O–H groups in total. The van der Waals surface area contributed by atoms with Gasteiger partial charge < -0.3 is 20.6 Å². The monoisotopic (exact) mass is 417 g/mol. The van der Waals surface area contributed by atoms with E-state index in [0.717, 1.165) is 21.8 Å². The van der Waals surface area contributed by atoms with Gasteiger partial charge >= 0.3 is 6.09 Å². The fourth-order valence-electron chi connectivity index (χ4n) is 4.54. The SMILES string of the molecule is Cc1[nH]ncc1-c1cc2c(s1)C(=O)NC1(CCC(N(C(=O)O)C(C)(C)C)CC1)N2. The Balaban J connectivity index is 1.54. The average molecular weight is 418 g/mol. The molecular formula is C20H27N5O3S. The smallest absolute Gasteiger partial charge is 0.407 e. The van der Waals surface area contributed by atoms with Crippen molar-refractivity contribution in [2.45, 2.75) is 70.6 Å². The molecule has 2 aromatic heterocycles. The van der Waals surface area contributed by atoms with E-state index in [-0.39, 0.29) is 11.9 Å². The van der Waals surface area contributed by atoms with E-state index in [2.05, 4.69) is 20.8 Å². The second-order valence-electron chi connectivity index (χ2n) is 8.98. The summed E-state index contributed by atoms with van der Waals surface area (Å²) < 4.78 is 0. The number of aryl methyl sites for hydroxylation is 1. The number of thiophene rings is 1. The van der Waals surface area contributed by atoms with Crippen molar-refractivity contribution in [3.8, 4) is 10.4 Å². The maximum atomic E-state index is 12.8. The van der Waals surface area contributed by atoms with Crippen LogP contribution in [0.15, 0.2) is 12.3 Å². The number of nitrogens with one attached hydrogen (secondary N) is 3. The lowest BCUT2D eigenvalue weighted by atomic mass is 9.82. The van der Waals surface area contributed by atoms with Gasteiger partial charge in [0.2, 0.25) is 0 Å². The Hall–Kier alpha value is -2.55. The van der Waals surface area contributed by atoms with Gasteiger partial charge in [0.25, 0.3) is 5.91 Å². The minimum Gasteiger partial charge on any atom is -0.465 e. The molecule has 0 saturated heterocycles. The van der Waals surface area contributed by atoms with Gasteiger partial charge in [0.1, 0.15) is 10.5 Å². The van der Waals surface area contributed by atoms with Crippen LogP contribution in [-0.2, 0) is 0 Å². The molecule has 1 fully saturated rings. The molecule has 9 heteroatoms. The van der Waals surface area contributed by atoms with Gasteiger partial charge in [0, 0.05) is 27.7 Å². The zero-order chi connectivity index (χ0) is 21.0. The van der Waals surface area contributed by atoms with Crippen molar-refractivity contribution in [2.24, 2.45) is 0 Å². The highest BCUT2D eigenvalue weighted by Crippen LogP contribution is 2.42. The van der Waals surface area contributed by atoms with Gasteiger partial charge in [-0.2, -0.15) is 5.10 Å². The highest BCUT2D eigenvalue weighted by atomic mass is 32.1. The number of hydrogen-bond donors (Lipinski definition) is 4. The minimum atomic E-state index is -0.890. The molecule has 1 spiro atoms. The fourth-order valence-corrected chi connectivity index (χ4v) is 5.62. The lowest BCUT2D eigenvalue weighted by molar-refractivity contribution is 0.0434. The zero-order valence-corrected chi connectivity index (χ0v) is 17.9. The number of amides is 2. The molecule has 0 atom stereocenters. The fraction of sp³-hybridized carbons (Fsp3) is 0.550. The van der Waals surface area contributed by atoms with E-state index in [9.17, 15) is 14.7 Å². The summed E-state index contributed by atoms with van der Waals surface area (Å²) in [5.41, 5.74) is 1.84. The molecule has 29 heavy (non-hydrogen) atoms. The van der Waals surface area contributed by atoms with Crippen molar-refractivity contribution < 1.29 is 14.7 Å². The first-order valence-electron chi connectivity index (χ1n) is 9.87. The average Bonchev–Trinajstić information content (AvgIpc) is 3.21. The molecule has 3 heterocycles. The topological polar surface area (TPSA) is 110 Å². The van der Waals surface area contributed by atoms with Crippen molar-refractivity contribution >= 4 is 29.0 Å². The Morgan fingerprint density at radius 2 is 2.00 bits per heavy atom. The van der Waals surface area contributed by atoms with Crippen molar-refractivity contribution in [3.05, 3.63) is 22.8 Å². The second kappa shape index (κ2) is 6.76. The molecule has 0 bridgehead atoms. The Morgan fingerprint density at radius 1 is 1.31 bits per heavy atom. The number of nitrogens with zero attached hydrogens (tertiary/aromatic N) is 2. The molecule has 156 valence electrons. The van der Waals surface area contributed by atoms with Crippen LogP contribution in [0.25, 0.3) is 10.4 Å². The number of carbonyl (C=O) groups is 2. The summed E-state index contributed by atoms with van der Waals surface area (Å²) in [4.78, 5) is 27.9. The summed E-state index contributed by atoms with van der Waals surface area (Å²) in [6.45, 7) is 7.72. The van der Waals surface area contributed by atoms with E-state index in [1.54, 1.807) is 11.1 Å². The van der Waals surface area contributed by atoms with Crippen LogP contribution < -0.4 is 10.6 Å². The lowest BCUT2D eigenvalue weighted by Gasteiger charge is -2.48. The van der Waals surface area contributed by atoms with Gasteiger partial charge in [0.05, 0.1) is 11.9 Å². The Kier molecular flexibility index (Phi) is 4.60. The molecule has 1 aliphatic heterocycles. The first-order chi connectivity index (χ1) is 13.6. The molecule has 2 aliphatic rings. The largest absolute Gasteiger partial charge is 0.465 e. The summed E-state index contributed by atoms with van der Waals surface area (Å²) >= 11 is 1.45. The second-order valence-corrected chi connectivity index (χ2v) is 10.0. The highest BCUT2D eigenvalue weighted by Gasteiger charge is 2.44. The van der Waals surface area contributed by atoms with Gasteiger partial charge in [-0.3, -0.25) is 9.89 Å². The Bertz CT molecular complexity index is 950. The van der Waals surface area contributed by atoms with Crippen LogP contribution in [0.4, 0.5) is 10.5 Å². The van der Waals surface area contributed by atoms with Crippen LogP contribution in [0.3, 0.4) is 0 Å². The Morgan fingerprint density at radius 3 is 2.55 bits per heavy atom. The summed E-state index contributed by atoms with van der Waals surface area (Å²) in [5.74, 6) is -0.0690. The molecule has 0 aromatic carbocycles. The first-order valence-corrected chi connectivity index (χ1v) is 10.7. The van der Waals surface area contributed by atoms with Crippen LogP contribution in [0.5, 0.6) is 0 Å². The molecule has 4 rings (SSSR count). The number of carboxylic acid groups (broad SMARTS) is 1. The summed E-state index contributed by atoms with van der Waals surface area (Å²) in [7, 11) is 0. The van der Waals surface area contributed by atoms with Crippen LogP contribution in [-0.4, -0.2) is 49.4 Å². The predicted molar refractivity (Wildman–Crippen MR) is 112 cm³/mol. The third-order valence-electron chi connectivity index (χ3n) is 5.86. The van der Waals surface area contributed by atoms with Crippen LogP contribution >= 0.6 is 11.3 Å². The maximum Gasteiger partial charge on any atom is 0.407 e. The number of aromatic amines is 1. The molecular weight excluding hydrogens is 390 g/mol. The normalized spacial score (nSPS) is 24.0. The first kappa shape index (κ1) is 19.8. The lowest BCUT2D eigenvalue weighted by Crippen LogP contribution is -2.61. The number of aromatic nitrogens is 2. The highest BCUT2D eigenvalue weighted by molar-refractivity contribution is 7.18. The molecule has 1 aliphatic carbocycles. The molecule has 8 nitrogen and oxygen atoms in total. The standard InChI is InChI=1S/C20H27N5O3S/c1-11-13(10-21-24-11)15-9-14-16(29-15)17(26)23-20(22-14)7-5-12(6-8-20)25(18(27)28)19(2,3)4/h9-10,12,22H,5-8H2,1-4H3,(H,21,24)(H,23,26)(H,27,28). The summed E-state index contributed by atoms with van der Waals surface area (Å²) in [6, 6.07) is 1.97. The van der Waals surface area contributed by atoms with Crippen LogP contribution in [0, 0.1) is 6.92 Å². The Labute approximate surface area is 173 Å². The zero-order valence-electron chi connectivity index (χ0n) is 17.1. The van der Waals surface area contributed by atoms with Crippen molar-refractivity contribution in [1.82, 2.24) is 20.4 Å². The van der Waals surface area contributed by atoms with Gasteiger partial charge in [0.15, 0.2) is 0 Å². The quantitative estimate of drug-likeness (QED) is 0.590. The third kappa shape index (κ3) is 3.48. The van der Waals surface area contributed by atoms with E-state index >= 15 is 0 Å². The number of hydrogen-bond acceptors (Lipinski definition) is 5. The number of H-pyrrole nitrogens is 1. The van der Waals surface area contributed by atoms with E-state index in [1.165, 1.54) is 11.3 Å². The number of fused-ring (bicyclic) bond motifs is 1. The predicted octanol–water partition coefficient (Wildman–Crippen LogP) is 4.02. The van der Waals surface area contributed by atoms with Crippen molar-refractivity contribution in [3.63, 3.8) is 0 Å². The summed E-state index contributed by atoms with van der Waals surface area (Å²) in [5, 5.41) is 23.4. The number of anilines is 1. The number of rotatable bonds is 2. The van der Waals surface area contributed by atoms with E-state index in [0.29, 0.717) is 30.6 Å². The van der Waals surface area contributed by atoms with Crippen molar-refractivity contribution in [1.29, 1.82) is 0 Å². The van der Waals surface area contributed by atoms with Gasteiger partial charge in [-0.05, 0) is 59.4 Å². The van der Waals surface area contributed by atoms with Crippen LogP contribution in [0.1, 0.15) is 61.8 Å². The van der Waals surface area contributed by atoms with Gasteiger partial charge in [-0.25, -0.2) is 4.79 Å². The molecule has 0 radical (unpaired) electrons. The van der Waals surface area contributed by atoms with Crippen molar-refractivity contribution in [2.75, 3.05) is 5.32 Å². The molecule has 2 aromatic rings. The van der Waals surface area contributed by atoms with Gasteiger partial charge in [-0.1, -0.05) is 0 Å². The maximum absolute atomic E-state index is 12.8. The van der Waals surface area contributed by atoms with E-state index in [4.69, 9.17) is 0 Å². The molecule has 0 unspecified atom stereocenters. The summed E-state index contributed by atoms with van der Waals surface area (Å²) in [6.07, 6.45) is 3.64. The molecule has 1 saturated carbocycles. The third-order valence-corrected chi connectivity index (χ3v) is 7.03. The molecule has 2 amide bonds. The minimum absolute atomic E-state index is 0.0511. The van der Waals surface area contributed by atoms with Crippen LogP contribution in [0.2, 0.25) is 0 Å². The van der Waals surface area contributed by atoms with Gasteiger partial charge in [-0.15, -0.1) is 11.3 Å². The number of carbonyl (C=O) groups excluding carboxylic acids is 1. The van der Waals surface area contributed by atoms with E-state index in [1.807, 2.05) is 33.8 Å².